The third-order valence-electron chi connectivity index (χ3n) is 14.4. The lowest BCUT2D eigenvalue weighted by Gasteiger charge is -2.28. The number of aliphatic imine (C=N–C) groups is 1. The van der Waals surface area contributed by atoms with E-state index in [9.17, 15) is 87.2 Å². The number of carboxylic acid groups (broad SMARTS) is 2. The van der Waals surface area contributed by atoms with Gasteiger partial charge in [0.2, 0.25) is 76.8 Å². The van der Waals surface area contributed by atoms with E-state index in [1.807, 2.05) is 0 Å². The number of aliphatic hydroxyl groups is 1. The minimum Gasteiger partial charge on any atom is -0.481 e. The molecule has 25 N–H and O–H groups in total. The molecule has 0 saturated heterocycles. The number of carbonyl (C=O) groups excluding carboxylic acids is 13. The number of carbonyl (C=O) groups is 15. The number of H-pyrrole nitrogens is 1. The van der Waals surface area contributed by atoms with Crippen molar-refractivity contribution in [1.82, 2.24) is 63.5 Å². The van der Waals surface area contributed by atoms with Crippen LogP contribution in [0.15, 0.2) is 35.5 Å². The molecule has 534 valence electrons. The van der Waals surface area contributed by atoms with Crippen molar-refractivity contribution < 1.29 is 87.2 Å². The van der Waals surface area contributed by atoms with Gasteiger partial charge in [-0.1, -0.05) is 59.7 Å². The molecule has 11 atom stereocenters. The Balaban J connectivity index is 2.40. The lowest BCUT2D eigenvalue weighted by atomic mass is 9.99. The molecule has 2 aromatic rings. The van der Waals surface area contributed by atoms with Crippen molar-refractivity contribution >= 4 is 106 Å². The Morgan fingerprint density at radius 1 is 0.500 bits per heavy atom. The highest BCUT2D eigenvalue weighted by molar-refractivity contribution is 6.00. The number of rotatable bonds is 44. The maximum atomic E-state index is 14.7. The number of nitrogens with two attached hydrogens (primary N) is 5. The largest absolute Gasteiger partial charge is 0.481 e. The molecular weight excluding hydrogens is 1260 g/mol. The topological polar surface area (TPSA) is 607 Å². The first-order valence-corrected chi connectivity index (χ1v) is 31.2. The molecule has 0 saturated carbocycles. The van der Waals surface area contributed by atoms with Crippen molar-refractivity contribution in [3.05, 3.63) is 36.0 Å². The van der Waals surface area contributed by atoms with Crippen LogP contribution in [0.5, 0.6) is 0 Å². The lowest BCUT2D eigenvalue weighted by molar-refractivity contribution is -0.143. The Kier molecular flexibility index (Phi) is 35.0. The fraction of sp³-hybridized carbons (Fsp3) is 0.600. The van der Waals surface area contributed by atoms with Crippen LogP contribution in [0, 0.1) is 17.8 Å². The molecule has 0 spiro atoms. The van der Waals surface area contributed by atoms with Gasteiger partial charge in [-0.3, -0.25) is 72.1 Å². The fourth-order valence-electron chi connectivity index (χ4n) is 9.46. The summed E-state index contributed by atoms with van der Waals surface area (Å²) in [5, 5.41) is 57.0. The molecule has 36 nitrogen and oxygen atoms in total. The molecule has 0 aliphatic heterocycles. The lowest BCUT2D eigenvalue weighted by Crippen LogP contribution is -2.60. The van der Waals surface area contributed by atoms with E-state index in [0.717, 1.165) is 13.8 Å². The highest BCUT2D eigenvalue weighted by atomic mass is 16.4. The van der Waals surface area contributed by atoms with Gasteiger partial charge in [0.05, 0.1) is 31.7 Å². The molecule has 1 aromatic heterocycles. The summed E-state index contributed by atoms with van der Waals surface area (Å²) in [6, 6.07) is -8.11. The second-order valence-corrected chi connectivity index (χ2v) is 24.4. The zero-order valence-corrected chi connectivity index (χ0v) is 55.2. The number of hydrogen-bond donors (Lipinski definition) is 20. The van der Waals surface area contributed by atoms with Gasteiger partial charge in [0.15, 0.2) is 5.96 Å². The summed E-state index contributed by atoms with van der Waals surface area (Å²) in [6.07, 6.45) is -2.59. The molecule has 2 rings (SSSR count). The third kappa shape index (κ3) is 30.8. The Labute approximate surface area is 554 Å². The maximum Gasteiger partial charge on any atom is 0.326 e. The summed E-state index contributed by atoms with van der Waals surface area (Å²) >= 11 is 0. The molecule has 0 aliphatic rings. The Morgan fingerprint density at radius 2 is 0.958 bits per heavy atom. The van der Waals surface area contributed by atoms with Crippen LogP contribution in [0.25, 0.3) is 10.9 Å². The number of carboxylic acids is 2. The monoisotopic (exact) mass is 1360 g/mol. The van der Waals surface area contributed by atoms with Gasteiger partial charge in [0.1, 0.15) is 54.4 Å². The molecule has 36 heteroatoms. The van der Waals surface area contributed by atoms with Crippen LogP contribution in [0.4, 0.5) is 0 Å². The third-order valence-corrected chi connectivity index (χ3v) is 14.4. The van der Waals surface area contributed by atoms with Gasteiger partial charge in [-0.15, -0.1) is 0 Å². The van der Waals surface area contributed by atoms with Gasteiger partial charge < -0.3 is 107 Å². The molecule has 13 amide bonds. The summed E-state index contributed by atoms with van der Waals surface area (Å²) in [5.74, 6) is -16.5. The standard InChI is InChI=1S/C60H96N18O18/c1-28(2)20-39(76-58(94)49(32(8)79)78-47(83)27-68-51(87)35(61)15-17-44(62)80)55(91)70-31(7)50(86)73-42(24-48(84)85)52(88)69-26-46(82)71-37(14-11-19-66-60(64)65)53(89)75-41(23-33-25-67-36-13-10-9-12-34(33)36)57(93)74-40(21-29(3)4)56(92)72-38(16-18-45(63)81)54(90)77-43(59(95)96)22-30(5)6/h9-10,12-13,25,28-32,35,37-43,49,67,79H,11,14-24,26-27,61H2,1-8H3,(H2,62,80)(H2,63,81)(H,68,87)(H,69,88)(H,70,91)(H,71,82)(H,72,92)(H,73,86)(H,74,93)(H,75,89)(H,76,94)(H,77,90)(H,78,83)(H,84,85)(H,95,96)(H4,64,65,66)/t31-,32+,35-,37-,38-,39-,40-,41-,42-,43-,49-/m0/s1. The summed E-state index contributed by atoms with van der Waals surface area (Å²) < 4.78 is 0. The molecule has 1 aromatic carbocycles. The smallest absolute Gasteiger partial charge is 0.326 e. The Bertz CT molecular complexity index is 3090. The molecule has 0 fully saturated rings. The number of nitrogens with zero attached hydrogens (tertiary/aromatic N) is 1. The predicted molar refractivity (Wildman–Crippen MR) is 346 cm³/mol. The summed E-state index contributed by atoms with van der Waals surface area (Å²) in [4.78, 5) is 204. The van der Waals surface area contributed by atoms with E-state index in [4.69, 9.17) is 28.7 Å². The molecule has 1 heterocycles. The first-order valence-electron chi connectivity index (χ1n) is 31.2. The SMILES string of the molecule is CC(C)C[C@H](NC(=O)[C@H](CCC(N)=O)NC(=O)[C@H](CC(C)C)NC(=O)[C@H](Cc1c[nH]c2ccccc12)NC(=O)[C@H](CCCN=C(N)N)NC(=O)CNC(=O)[C@H](CC(=O)O)NC(=O)[C@H](C)NC(=O)[C@H](CC(C)C)NC(=O)[C@@H](NC(=O)CNC(=O)[C@@H](N)CCC(N)=O)[C@@H](C)O)C(=O)O. The van der Waals surface area contributed by atoms with Gasteiger partial charge in [-0.05, 0) is 88.2 Å². The van der Waals surface area contributed by atoms with E-state index in [-0.39, 0.29) is 88.0 Å². The van der Waals surface area contributed by atoms with Crippen molar-refractivity contribution in [2.75, 3.05) is 19.6 Å². The first-order chi connectivity index (χ1) is 44.9. The minimum atomic E-state index is -1.90. The molecule has 0 unspecified atom stereocenters. The number of amides is 13. The van der Waals surface area contributed by atoms with Crippen LogP contribution < -0.4 is 87.2 Å². The average molecular weight is 1360 g/mol. The summed E-state index contributed by atoms with van der Waals surface area (Å²) in [6.45, 7) is 10.9. The highest BCUT2D eigenvalue weighted by Gasteiger charge is 2.36. The molecular formula is C60H96N18O18. The number of para-hydroxylation sites is 1. The van der Waals surface area contributed by atoms with Gasteiger partial charge in [-0.25, -0.2) is 4.79 Å². The van der Waals surface area contributed by atoms with Crippen LogP contribution >= 0.6 is 0 Å². The van der Waals surface area contributed by atoms with E-state index in [2.05, 4.69) is 68.5 Å². The molecule has 96 heavy (non-hydrogen) atoms. The van der Waals surface area contributed by atoms with Crippen molar-refractivity contribution in [1.29, 1.82) is 0 Å². The van der Waals surface area contributed by atoms with E-state index in [1.54, 1.807) is 72.0 Å². The number of guanidine groups is 1. The van der Waals surface area contributed by atoms with E-state index < -0.39 is 181 Å². The zero-order valence-electron chi connectivity index (χ0n) is 55.2. The summed E-state index contributed by atoms with van der Waals surface area (Å²) in [7, 11) is 0. The van der Waals surface area contributed by atoms with Gasteiger partial charge in [-0.2, -0.15) is 0 Å². The number of aliphatic carboxylic acids is 2. The highest BCUT2D eigenvalue weighted by Crippen LogP contribution is 2.20. The van der Waals surface area contributed by atoms with Gasteiger partial charge >= 0.3 is 11.9 Å². The van der Waals surface area contributed by atoms with Crippen LogP contribution in [0.2, 0.25) is 0 Å². The number of aromatic nitrogens is 1. The van der Waals surface area contributed by atoms with Crippen molar-refractivity contribution in [3.8, 4) is 0 Å². The zero-order chi connectivity index (χ0) is 72.7. The summed E-state index contributed by atoms with van der Waals surface area (Å²) in [5.41, 5.74) is 28.4. The number of benzene rings is 1. The van der Waals surface area contributed by atoms with Crippen LogP contribution in [0.1, 0.15) is 125 Å². The number of nitrogens with one attached hydrogen (secondary N) is 12. The fourth-order valence-corrected chi connectivity index (χ4v) is 9.46. The van der Waals surface area contributed by atoms with Crippen LogP contribution in [0.3, 0.4) is 0 Å². The molecule has 0 aliphatic carbocycles. The number of hydrogen-bond acceptors (Lipinski definition) is 18. The number of aromatic amines is 1. The predicted octanol–water partition coefficient (Wildman–Crippen LogP) is -5.68. The number of primary amides is 2. The molecule has 0 radical (unpaired) electrons. The van der Waals surface area contributed by atoms with E-state index in [1.165, 1.54) is 0 Å². The van der Waals surface area contributed by atoms with Crippen molar-refractivity contribution in [2.45, 2.75) is 193 Å². The van der Waals surface area contributed by atoms with Gasteiger partial charge in [0.25, 0.3) is 0 Å². The first kappa shape index (κ1) is 82.1. The average Bonchev–Trinajstić information content (AvgIpc) is 1.66. The van der Waals surface area contributed by atoms with E-state index >= 15 is 0 Å². The van der Waals surface area contributed by atoms with Gasteiger partial charge in [0, 0.05) is 42.9 Å². The van der Waals surface area contributed by atoms with Crippen molar-refractivity contribution in [3.63, 3.8) is 0 Å². The second-order valence-electron chi connectivity index (χ2n) is 24.4. The number of fused-ring (bicyclic) bond motifs is 1. The van der Waals surface area contributed by atoms with Crippen molar-refractivity contribution in [2.24, 2.45) is 51.4 Å². The Hall–Kier alpha value is -10.00. The maximum absolute atomic E-state index is 14.7. The minimum absolute atomic E-state index is 0.0261. The normalized spacial score (nSPS) is 14.6. The van der Waals surface area contributed by atoms with E-state index in [0.29, 0.717) is 16.5 Å². The molecule has 0 bridgehead atoms. The Morgan fingerprint density at radius 3 is 1.50 bits per heavy atom. The second kappa shape index (κ2) is 41.0. The van der Waals surface area contributed by atoms with Crippen LogP contribution in [-0.4, -0.2) is 201 Å². The number of aliphatic hydroxyl groups excluding tert-OH is 1. The van der Waals surface area contributed by atoms with Crippen LogP contribution in [-0.2, 0) is 78.3 Å². The quantitative estimate of drug-likeness (QED) is 0.0167.